The number of hydrogen-bond donors (Lipinski definition) is 3. The highest BCUT2D eigenvalue weighted by molar-refractivity contribution is 6.08. The van der Waals surface area contributed by atoms with Crippen LogP contribution >= 0.6 is 0 Å². The Morgan fingerprint density at radius 1 is 0.579 bits per heavy atom. The van der Waals surface area contributed by atoms with Crippen molar-refractivity contribution in [1.82, 2.24) is 0 Å². The number of nitrogens with zero attached hydrogens (tertiary/aromatic N) is 1. The molecule has 0 aromatic heterocycles. The summed E-state index contributed by atoms with van der Waals surface area (Å²) in [5.41, 5.74) is 9.29. The molecule has 0 spiro atoms. The second-order valence-corrected chi connectivity index (χ2v) is 8.91. The van der Waals surface area contributed by atoms with E-state index in [0.29, 0.717) is 5.84 Å². The van der Waals surface area contributed by atoms with Crippen LogP contribution in [0, 0.1) is 0 Å². The largest absolute Gasteiger partial charge is 0.457 e. The molecule has 0 bridgehead atoms. The molecule has 1 heterocycles. The molecule has 0 fully saturated rings. The Hall–Kier alpha value is -5.07. The molecular weight excluding hydrogens is 472 g/mol. The van der Waals surface area contributed by atoms with E-state index in [9.17, 15) is 0 Å². The average Bonchev–Trinajstić information content (AvgIpc) is 2.96. The number of ether oxygens (including phenoxy) is 2. The standard InChI is InChI=1S/C32H26N4O2/c33-32(23-15-19-27(20-16-23)37-25-9-3-1-4-10-25)31(35-29-13-7-8-14-30(29)36-32)34-24-17-21-28(22-18-24)38-26-11-5-2-6-12-26/h1-22,36H,33H2,(H,34,35). The number of nitrogens with one attached hydrogen (secondary N) is 2. The van der Waals surface area contributed by atoms with Gasteiger partial charge in [-0.15, -0.1) is 0 Å². The van der Waals surface area contributed by atoms with Gasteiger partial charge in [-0.25, -0.2) is 4.99 Å². The molecule has 0 saturated heterocycles. The normalized spacial score (nSPS) is 16.0. The Balaban J connectivity index is 1.27. The van der Waals surface area contributed by atoms with E-state index in [2.05, 4.69) is 10.6 Å². The molecule has 0 radical (unpaired) electrons. The second kappa shape index (κ2) is 10.1. The summed E-state index contributed by atoms with van der Waals surface area (Å²) in [5.74, 6) is 3.59. The molecule has 38 heavy (non-hydrogen) atoms. The molecule has 186 valence electrons. The van der Waals surface area contributed by atoms with Gasteiger partial charge in [0.1, 0.15) is 23.0 Å². The van der Waals surface area contributed by atoms with Crippen LogP contribution in [0.15, 0.2) is 138 Å². The molecule has 5 aromatic rings. The van der Waals surface area contributed by atoms with E-state index in [-0.39, 0.29) is 0 Å². The Bertz CT molecular complexity index is 1550. The highest BCUT2D eigenvalue weighted by Crippen LogP contribution is 2.37. The first-order chi connectivity index (χ1) is 18.7. The van der Waals surface area contributed by atoms with Crippen molar-refractivity contribution in [2.24, 2.45) is 10.7 Å². The van der Waals surface area contributed by atoms with Gasteiger partial charge in [-0.1, -0.05) is 60.7 Å². The van der Waals surface area contributed by atoms with Gasteiger partial charge in [-0.3, -0.25) is 5.73 Å². The molecule has 0 saturated carbocycles. The number of rotatable bonds is 6. The first kappa shape index (κ1) is 23.3. The van der Waals surface area contributed by atoms with E-state index < -0.39 is 5.66 Å². The molecule has 0 amide bonds. The first-order valence-corrected chi connectivity index (χ1v) is 12.3. The van der Waals surface area contributed by atoms with Gasteiger partial charge in [0.25, 0.3) is 0 Å². The number of aliphatic imine (C=N–C) groups is 1. The van der Waals surface area contributed by atoms with E-state index in [0.717, 1.165) is 45.6 Å². The van der Waals surface area contributed by atoms with Gasteiger partial charge in [0, 0.05) is 5.69 Å². The van der Waals surface area contributed by atoms with Gasteiger partial charge in [0.15, 0.2) is 11.5 Å². The van der Waals surface area contributed by atoms with E-state index in [1.165, 1.54) is 0 Å². The first-order valence-electron chi connectivity index (χ1n) is 12.3. The molecule has 1 atom stereocenters. The van der Waals surface area contributed by atoms with E-state index >= 15 is 0 Å². The molecule has 4 N–H and O–H groups in total. The molecule has 1 unspecified atom stereocenters. The molecule has 6 rings (SSSR count). The fourth-order valence-corrected chi connectivity index (χ4v) is 4.27. The lowest BCUT2D eigenvalue weighted by atomic mass is 9.95. The van der Waals surface area contributed by atoms with Crippen molar-refractivity contribution in [3.8, 4) is 23.0 Å². The number of hydrogen-bond acceptors (Lipinski definition) is 6. The molecular formula is C32H26N4O2. The maximum atomic E-state index is 7.05. The van der Waals surface area contributed by atoms with Gasteiger partial charge in [0.05, 0.1) is 11.4 Å². The molecule has 6 heteroatoms. The van der Waals surface area contributed by atoms with E-state index in [1.807, 2.05) is 133 Å². The number of anilines is 2. The average molecular weight is 499 g/mol. The lowest BCUT2D eigenvalue weighted by Gasteiger charge is -2.37. The fourth-order valence-electron chi connectivity index (χ4n) is 4.27. The molecule has 1 aliphatic heterocycles. The molecule has 5 aromatic carbocycles. The van der Waals surface area contributed by atoms with Crippen LogP contribution in [0.2, 0.25) is 0 Å². The lowest BCUT2D eigenvalue weighted by Crippen LogP contribution is -2.55. The van der Waals surface area contributed by atoms with Gasteiger partial charge in [-0.2, -0.15) is 0 Å². The summed E-state index contributed by atoms with van der Waals surface area (Å²) < 4.78 is 11.9. The van der Waals surface area contributed by atoms with Crippen LogP contribution in [0.4, 0.5) is 17.1 Å². The highest BCUT2D eigenvalue weighted by Gasteiger charge is 2.37. The van der Waals surface area contributed by atoms with Crippen molar-refractivity contribution in [3.05, 3.63) is 139 Å². The molecule has 6 nitrogen and oxygen atoms in total. The maximum absolute atomic E-state index is 7.05. The molecule has 0 aliphatic carbocycles. The zero-order valence-electron chi connectivity index (χ0n) is 20.5. The van der Waals surface area contributed by atoms with Gasteiger partial charge in [0.2, 0.25) is 0 Å². The monoisotopic (exact) mass is 498 g/mol. The predicted molar refractivity (Wildman–Crippen MR) is 153 cm³/mol. The van der Waals surface area contributed by atoms with Crippen molar-refractivity contribution in [1.29, 1.82) is 0 Å². The van der Waals surface area contributed by atoms with Crippen LogP contribution in [-0.4, -0.2) is 5.84 Å². The van der Waals surface area contributed by atoms with Gasteiger partial charge in [-0.05, 0) is 78.4 Å². The molecule has 1 aliphatic rings. The van der Waals surface area contributed by atoms with Gasteiger partial charge >= 0.3 is 0 Å². The predicted octanol–water partition coefficient (Wildman–Crippen LogP) is 7.65. The number of para-hydroxylation sites is 4. The number of nitrogens with two attached hydrogens (primary N) is 1. The van der Waals surface area contributed by atoms with Crippen molar-refractivity contribution in [3.63, 3.8) is 0 Å². The van der Waals surface area contributed by atoms with Crippen molar-refractivity contribution in [2.45, 2.75) is 5.66 Å². The van der Waals surface area contributed by atoms with Crippen LogP contribution in [-0.2, 0) is 5.66 Å². The Kier molecular flexibility index (Phi) is 6.22. The summed E-state index contributed by atoms with van der Waals surface area (Å²) in [6, 6.07) is 42.6. The summed E-state index contributed by atoms with van der Waals surface area (Å²) >= 11 is 0. The van der Waals surface area contributed by atoms with Crippen LogP contribution < -0.4 is 25.8 Å². The summed E-state index contributed by atoms with van der Waals surface area (Å²) in [6.07, 6.45) is 0. The SMILES string of the molecule is NC1(c2ccc(Oc3ccccc3)cc2)Nc2ccccc2N=C1Nc1ccc(Oc2ccccc2)cc1. The summed E-state index contributed by atoms with van der Waals surface area (Å²) in [6.45, 7) is 0. The number of fused-ring (bicyclic) bond motifs is 1. The highest BCUT2D eigenvalue weighted by atomic mass is 16.5. The van der Waals surface area contributed by atoms with Crippen LogP contribution in [0.25, 0.3) is 0 Å². The Labute approximate surface area is 221 Å². The van der Waals surface area contributed by atoms with E-state index in [4.69, 9.17) is 20.2 Å². The quantitative estimate of drug-likeness (QED) is 0.224. The number of amidine groups is 1. The lowest BCUT2D eigenvalue weighted by molar-refractivity contribution is 0.482. The zero-order chi connectivity index (χ0) is 25.8. The Morgan fingerprint density at radius 2 is 1.08 bits per heavy atom. The van der Waals surface area contributed by atoms with Crippen molar-refractivity contribution >= 4 is 22.9 Å². The third-order valence-corrected chi connectivity index (χ3v) is 6.23. The maximum Gasteiger partial charge on any atom is 0.172 e. The van der Waals surface area contributed by atoms with Crippen LogP contribution in [0.5, 0.6) is 23.0 Å². The van der Waals surface area contributed by atoms with Crippen LogP contribution in [0.1, 0.15) is 5.56 Å². The topological polar surface area (TPSA) is 80.9 Å². The minimum absolute atomic E-state index is 0.574. The van der Waals surface area contributed by atoms with E-state index in [1.54, 1.807) is 0 Å². The summed E-state index contributed by atoms with van der Waals surface area (Å²) in [4.78, 5) is 4.91. The Morgan fingerprint density at radius 3 is 1.68 bits per heavy atom. The number of benzene rings is 5. The van der Waals surface area contributed by atoms with Crippen LogP contribution in [0.3, 0.4) is 0 Å². The van der Waals surface area contributed by atoms with Crippen molar-refractivity contribution in [2.75, 3.05) is 10.6 Å². The van der Waals surface area contributed by atoms with Crippen molar-refractivity contribution < 1.29 is 9.47 Å². The summed E-state index contributed by atoms with van der Waals surface area (Å²) in [5, 5.41) is 6.92. The fraction of sp³-hybridized carbons (Fsp3) is 0.0312. The second-order valence-electron chi connectivity index (χ2n) is 8.91. The minimum atomic E-state index is -1.10. The third-order valence-electron chi connectivity index (χ3n) is 6.23. The zero-order valence-corrected chi connectivity index (χ0v) is 20.5. The smallest absolute Gasteiger partial charge is 0.172 e. The minimum Gasteiger partial charge on any atom is -0.457 e. The summed E-state index contributed by atoms with van der Waals surface area (Å²) in [7, 11) is 0. The van der Waals surface area contributed by atoms with Gasteiger partial charge < -0.3 is 20.1 Å². The third kappa shape index (κ3) is 4.93.